The molecule has 1 aliphatic heterocycles. The van der Waals surface area contributed by atoms with Crippen molar-refractivity contribution in [2.75, 3.05) is 6.54 Å². The van der Waals surface area contributed by atoms with E-state index in [1.165, 1.54) is 17.6 Å². The SMILES string of the molecule is O=C(c1ccco1)N1CC2CC1CC2NS(=O)(=O)c1cccs1. The normalized spacial score (nSPS) is 26.8. The Labute approximate surface area is 138 Å². The van der Waals surface area contributed by atoms with Gasteiger partial charge in [0.2, 0.25) is 10.0 Å². The lowest BCUT2D eigenvalue weighted by atomic mass is 10.0. The molecule has 122 valence electrons. The fourth-order valence-corrected chi connectivity index (χ4v) is 5.89. The van der Waals surface area contributed by atoms with E-state index >= 15 is 0 Å². The fraction of sp³-hybridized carbons (Fsp3) is 0.400. The minimum atomic E-state index is -3.46. The second-order valence-electron chi connectivity index (χ2n) is 5.98. The molecule has 2 bridgehead atoms. The average molecular weight is 352 g/mol. The summed E-state index contributed by atoms with van der Waals surface area (Å²) in [6.45, 7) is 0.571. The van der Waals surface area contributed by atoms with Crippen molar-refractivity contribution in [3.05, 3.63) is 41.7 Å². The van der Waals surface area contributed by atoms with Gasteiger partial charge in [-0.2, -0.15) is 0 Å². The fourth-order valence-electron chi connectivity index (χ4n) is 3.56. The van der Waals surface area contributed by atoms with Crippen LogP contribution in [0.1, 0.15) is 23.4 Å². The number of carbonyl (C=O) groups is 1. The molecular weight excluding hydrogens is 336 g/mol. The maximum atomic E-state index is 12.4. The maximum Gasteiger partial charge on any atom is 0.289 e. The number of hydrogen-bond acceptors (Lipinski definition) is 5. The van der Waals surface area contributed by atoms with E-state index in [0.717, 1.165) is 6.42 Å². The number of hydrogen-bond donors (Lipinski definition) is 1. The summed E-state index contributed by atoms with van der Waals surface area (Å²) in [4.78, 5) is 14.2. The zero-order valence-corrected chi connectivity index (χ0v) is 13.8. The molecule has 3 heterocycles. The van der Waals surface area contributed by atoms with Crippen LogP contribution in [0.5, 0.6) is 0 Å². The third kappa shape index (κ3) is 2.60. The smallest absolute Gasteiger partial charge is 0.289 e. The van der Waals surface area contributed by atoms with Gasteiger partial charge < -0.3 is 9.32 Å². The molecule has 1 N–H and O–H groups in total. The van der Waals surface area contributed by atoms with Crippen LogP contribution in [0.15, 0.2) is 44.5 Å². The Bertz CT molecular complexity index is 799. The Kier molecular flexibility index (Phi) is 3.55. The number of nitrogens with one attached hydrogen (secondary N) is 1. The summed E-state index contributed by atoms with van der Waals surface area (Å²) < 4.78 is 33.0. The van der Waals surface area contributed by atoms with E-state index in [-0.39, 0.29) is 23.9 Å². The van der Waals surface area contributed by atoms with Crippen LogP contribution in [-0.4, -0.2) is 37.9 Å². The molecule has 1 saturated carbocycles. The van der Waals surface area contributed by atoms with Crippen molar-refractivity contribution in [3.63, 3.8) is 0 Å². The summed E-state index contributed by atoms with van der Waals surface area (Å²) in [6.07, 6.45) is 2.98. The highest BCUT2D eigenvalue weighted by Gasteiger charge is 2.48. The number of thiophene rings is 1. The molecule has 1 saturated heterocycles. The highest BCUT2D eigenvalue weighted by atomic mass is 32.2. The van der Waals surface area contributed by atoms with Gasteiger partial charge in [-0.1, -0.05) is 6.07 Å². The van der Waals surface area contributed by atoms with Crippen molar-refractivity contribution in [1.29, 1.82) is 0 Å². The van der Waals surface area contributed by atoms with E-state index in [1.807, 2.05) is 0 Å². The topological polar surface area (TPSA) is 79.6 Å². The number of furan rings is 1. The average Bonchev–Trinajstić information content (AvgIpc) is 3.27. The minimum absolute atomic E-state index is 0.0774. The Morgan fingerprint density at radius 2 is 2.17 bits per heavy atom. The Balaban J connectivity index is 1.44. The van der Waals surface area contributed by atoms with Gasteiger partial charge in [0.1, 0.15) is 4.21 Å². The number of carbonyl (C=O) groups excluding carboxylic acids is 1. The van der Waals surface area contributed by atoms with Crippen LogP contribution in [-0.2, 0) is 10.0 Å². The molecule has 2 aromatic heterocycles. The number of likely N-dealkylation sites (tertiary alicyclic amines) is 1. The zero-order valence-electron chi connectivity index (χ0n) is 12.2. The summed E-state index contributed by atoms with van der Waals surface area (Å²) in [6, 6.07) is 6.66. The molecule has 3 atom stereocenters. The monoisotopic (exact) mass is 352 g/mol. The molecule has 23 heavy (non-hydrogen) atoms. The van der Waals surface area contributed by atoms with Crippen LogP contribution >= 0.6 is 11.3 Å². The minimum Gasteiger partial charge on any atom is -0.459 e. The molecule has 6 nitrogen and oxygen atoms in total. The molecule has 4 rings (SSSR count). The molecule has 1 aliphatic carbocycles. The Morgan fingerprint density at radius 3 is 2.78 bits per heavy atom. The van der Waals surface area contributed by atoms with E-state index in [2.05, 4.69) is 4.72 Å². The van der Waals surface area contributed by atoms with Crippen LogP contribution in [0.3, 0.4) is 0 Å². The number of nitrogens with zero attached hydrogens (tertiary/aromatic N) is 1. The summed E-state index contributed by atoms with van der Waals surface area (Å²) in [5.74, 6) is 0.393. The van der Waals surface area contributed by atoms with Crippen LogP contribution in [0.4, 0.5) is 0 Å². The predicted molar refractivity (Wildman–Crippen MR) is 84.7 cm³/mol. The van der Waals surface area contributed by atoms with Crippen molar-refractivity contribution in [2.24, 2.45) is 5.92 Å². The lowest BCUT2D eigenvalue weighted by Gasteiger charge is -2.31. The van der Waals surface area contributed by atoms with Gasteiger partial charge >= 0.3 is 0 Å². The molecule has 1 amide bonds. The van der Waals surface area contributed by atoms with Crippen molar-refractivity contribution in [2.45, 2.75) is 29.1 Å². The van der Waals surface area contributed by atoms with Crippen molar-refractivity contribution >= 4 is 27.3 Å². The molecule has 2 aromatic rings. The maximum absolute atomic E-state index is 12.4. The van der Waals surface area contributed by atoms with E-state index in [0.29, 0.717) is 22.9 Å². The molecule has 2 aliphatic rings. The number of piperidine rings is 1. The summed E-state index contributed by atoms with van der Waals surface area (Å²) in [5, 5.41) is 1.75. The first-order chi connectivity index (χ1) is 11.0. The second kappa shape index (κ2) is 5.47. The van der Waals surface area contributed by atoms with Gasteiger partial charge in [0.15, 0.2) is 5.76 Å². The predicted octanol–water partition coefficient (Wildman–Crippen LogP) is 1.92. The van der Waals surface area contributed by atoms with Gasteiger partial charge in [0, 0.05) is 18.6 Å². The van der Waals surface area contributed by atoms with Crippen LogP contribution in [0, 0.1) is 5.92 Å². The Hall–Kier alpha value is -1.64. The van der Waals surface area contributed by atoms with E-state index in [1.54, 1.807) is 34.5 Å². The number of amides is 1. The van der Waals surface area contributed by atoms with E-state index < -0.39 is 10.0 Å². The van der Waals surface area contributed by atoms with Crippen LogP contribution < -0.4 is 4.72 Å². The van der Waals surface area contributed by atoms with Gasteiger partial charge in [0.05, 0.1) is 6.26 Å². The van der Waals surface area contributed by atoms with Crippen LogP contribution in [0.25, 0.3) is 0 Å². The number of sulfonamides is 1. The van der Waals surface area contributed by atoms with Crippen LogP contribution in [0.2, 0.25) is 0 Å². The lowest BCUT2D eigenvalue weighted by Crippen LogP contribution is -2.47. The molecule has 0 spiro atoms. The summed E-state index contributed by atoms with van der Waals surface area (Å²) in [7, 11) is -3.46. The van der Waals surface area contributed by atoms with Crippen molar-refractivity contribution in [3.8, 4) is 0 Å². The zero-order chi connectivity index (χ0) is 16.0. The van der Waals surface area contributed by atoms with Gasteiger partial charge in [-0.15, -0.1) is 11.3 Å². The first kappa shape index (κ1) is 14.9. The molecule has 0 aromatic carbocycles. The summed E-state index contributed by atoms with van der Waals surface area (Å²) >= 11 is 1.21. The lowest BCUT2D eigenvalue weighted by molar-refractivity contribution is 0.0659. The summed E-state index contributed by atoms with van der Waals surface area (Å²) in [5.41, 5.74) is 0. The highest BCUT2D eigenvalue weighted by molar-refractivity contribution is 7.91. The van der Waals surface area contributed by atoms with Gasteiger partial charge in [-0.25, -0.2) is 13.1 Å². The molecule has 0 radical (unpaired) electrons. The molecule has 3 unspecified atom stereocenters. The number of fused-ring (bicyclic) bond motifs is 2. The van der Waals surface area contributed by atoms with E-state index in [4.69, 9.17) is 4.42 Å². The molecule has 2 fully saturated rings. The Morgan fingerprint density at radius 1 is 1.30 bits per heavy atom. The number of rotatable bonds is 4. The first-order valence-electron chi connectivity index (χ1n) is 7.45. The highest BCUT2D eigenvalue weighted by Crippen LogP contribution is 2.39. The molecular formula is C15H16N2O4S2. The van der Waals surface area contributed by atoms with Crippen molar-refractivity contribution in [1.82, 2.24) is 9.62 Å². The van der Waals surface area contributed by atoms with Gasteiger partial charge in [0.25, 0.3) is 5.91 Å². The largest absolute Gasteiger partial charge is 0.459 e. The third-order valence-corrected chi connectivity index (χ3v) is 7.49. The second-order valence-corrected chi connectivity index (χ2v) is 8.87. The molecule has 8 heteroatoms. The first-order valence-corrected chi connectivity index (χ1v) is 9.81. The quantitative estimate of drug-likeness (QED) is 0.912. The van der Waals surface area contributed by atoms with E-state index in [9.17, 15) is 13.2 Å². The van der Waals surface area contributed by atoms with Gasteiger partial charge in [-0.3, -0.25) is 4.79 Å². The standard InChI is InChI=1S/C15H16N2O4S2/c18-15(13-3-1-5-21-13)17-9-10-7-11(17)8-12(10)16-23(19,20)14-4-2-6-22-14/h1-6,10-12,16H,7-9H2. The third-order valence-electron chi connectivity index (χ3n) is 4.60. The van der Waals surface area contributed by atoms with Crippen molar-refractivity contribution < 1.29 is 17.6 Å². The van der Waals surface area contributed by atoms with Gasteiger partial charge in [-0.05, 0) is 42.3 Å².